The quantitative estimate of drug-likeness (QED) is 0.331. The molecule has 1 heterocycles. The second-order valence-corrected chi connectivity index (χ2v) is 4.06. The van der Waals surface area contributed by atoms with Gasteiger partial charge in [0.15, 0.2) is 6.29 Å². The molecule has 7 nitrogen and oxygen atoms in total. The van der Waals surface area contributed by atoms with E-state index in [9.17, 15) is 15.3 Å². The molecule has 0 unspecified atom stereocenters. The van der Waals surface area contributed by atoms with Crippen molar-refractivity contribution in [2.24, 2.45) is 5.73 Å². The lowest BCUT2D eigenvalue weighted by Gasteiger charge is -2.39. The normalized spacial score (nSPS) is 38.3. The highest BCUT2D eigenvalue weighted by Crippen LogP contribution is 2.21. The Morgan fingerprint density at radius 1 is 1.06 bits per heavy atom. The van der Waals surface area contributed by atoms with Gasteiger partial charge in [0.05, 0.1) is 6.61 Å². The summed E-state index contributed by atoms with van der Waals surface area (Å²) in [5.74, 6) is 0. The average Bonchev–Trinajstić information content (AvgIpc) is 2.34. The summed E-state index contributed by atoms with van der Waals surface area (Å²) in [7, 11) is 0. The third-order valence-corrected chi connectivity index (χ3v) is 2.73. The lowest BCUT2D eigenvalue weighted by atomic mass is 9.99. The molecule has 0 spiro atoms. The maximum Gasteiger partial charge on any atom is 0.186 e. The van der Waals surface area contributed by atoms with E-state index in [-0.39, 0.29) is 0 Å². The lowest BCUT2D eigenvalue weighted by Crippen LogP contribution is -2.59. The number of aliphatic hydroxyl groups is 4. The second-order valence-electron chi connectivity index (χ2n) is 4.06. The van der Waals surface area contributed by atoms with Crippen LogP contribution in [-0.4, -0.2) is 70.9 Å². The Kier molecular flexibility index (Phi) is 6.28. The van der Waals surface area contributed by atoms with E-state index in [0.29, 0.717) is 19.6 Å². The number of rotatable bonds is 6. The number of ether oxygens (including phenoxy) is 2. The largest absolute Gasteiger partial charge is 0.394 e. The van der Waals surface area contributed by atoms with E-state index in [1.165, 1.54) is 0 Å². The zero-order chi connectivity index (χ0) is 12.8. The lowest BCUT2D eigenvalue weighted by molar-refractivity contribution is -0.301. The molecule has 5 atom stereocenters. The number of unbranched alkanes of at least 4 members (excludes halogenated alkanes) is 1. The molecule has 1 aliphatic heterocycles. The van der Waals surface area contributed by atoms with Crippen molar-refractivity contribution in [2.45, 2.75) is 43.5 Å². The van der Waals surface area contributed by atoms with E-state index >= 15 is 0 Å². The zero-order valence-electron chi connectivity index (χ0n) is 9.60. The molecule has 1 aliphatic rings. The summed E-state index contributed by atoms with van der Waals surface area (Å²) in [5.41, 5.74) is 5.32. The van der Waals surface area contributed by atoms with Crippen LogP contribution in [0.3, 0.4) is 0 Å². The van der Waals surface area contributed by atoms with Crippen molar-refractivity contribution in [3.63, 3.8) is 0 Å². The Bertz CT molecular complexity index is 215. The van der Waals surface area contributed by atoms with Crippen LogP contribution in [-0.2, 0) is 9.47 Å². The Hall–Kier alpha value is -0.280. The van der Waals surface area contributed by atoms with Crippen LogP contribution in [0.2, 0.25) is 0 Å². The third-order valence-electron chi connectivity index (χ3n) is 2.73. The number of hydrogen-bond acceptors (Lipinski definition) is 7. The first-order chi connectivity index (χ1) is 8.11. The van der Waals surface area contributed by atoms with Crippen molar-refractivity contribution >= 4 is 0 Å². The van der Waals surface area contributed by atoms with Crippen LogP contribution in [0.1, 0.15) is 12.8 Å². The summed E-state index contributed by atoms with van der Waals surface area (Å²) >= 11 is 0. The smallest absolute Gasteiger partial charge is 0.186 e. The van der Waals surface area contributed by atoms with Crippen LogP contribution < -0.4 is 5.73 Å². The molecule has 0 aromatic rings. The van der Waals surface area contributed by atoms with Crippen LogP contribution in [0.25, 0.3) is 0 Å². The highest BCUT2D eigenvalue weighted by Gasteiger charge is 2.43. The molecule has 102 valence electrons. The van der Waals surface area contributed by atoms with E-state index in [4.69, 9.17) is 20.3 Å². The fourth-order valence-corrected chi connectivity index (χ4v) is 1.65. The summed E-state index contributed by atoms with van der Waals surface area (Å²) in [5, 5.41) is 37.6. The standard InChI is InChI=1S/C10H21NO6/c11-3-1-2-4-16-10-9(15)8(14)7(13)6(5-12)17-10/h6-10,12-15H,1-5,11H2/t6-,7-,8+,9+,10+/m1/s1. The van der Waals surface area contributed by atoms with Gasteiger partial charge in [-0.25, -0.2) is 0 Å². The molecule has 1 rings (SSSR count). The minimum absolute atomic E-state index is 0.333. The van der Waals surface area contributed by atoms with Crippen LogP contribution in [0.15, 0.2) is 0 Å². The SMILES string of the molecule is NCCCCO[C@H]1O[C@H](CO)[C@@H](O)[C@H](O)[C@@H]1O. The van der Waals surface area contributed by atoms with E-state index in [2.05, 4.69) is 0 Å². The monoisotopic (exact) mass is 251 g/mol. The van der Waals surface area contributed by atoms with Gasteiger partial charge in [-0.15, -0.1) is 0 Å². The predicted molar refractivity (Wildman–Crippen MR) is 58.0 cm³/mol. The van der Waals surface area contributed by atoms with Crippen LogP contribution in [0.5, 0.6) is 0 Å². The van der Waals surface area contributed by atoms with Crippen LogP contribution in [0.4, 0.5) is 0 Å². The van der Waals surface area contributed by atoms with E-state index in [1.54, 1.807) is 0 Å². The van der Waals surface area contributed by atoms with Crippen LogP contribution >= 0.6 is 0 Å². The molecule has 0 amide bonds. The molecule has 0 aromatic carbocycles. The van der Waals surface area contributed by atoms with Crippen molar-refractivity contribution < 1.29 is 29.9 Å². The zero-order valence-corrected chi connectivity index (χ0v) is 9.60. The van der Waals surface area contributed by atoms with Gasteiger partial charge in [0.1, 0.15) is 24.4 Å². The van der Waals surface area contributed by atoms with Gasteiger partial charge in [-0.2, -0.15) is 0 Å². The van der Waals surface area contributed by atoms with Gasteiger partial charge in [0.25, 0.3) is 0 Å². The van der Waals surface area contributed by atoms with Crippen molar-refractivity contribution in [1.82, 2.24) is 0 Å². The Balaban J connectivity index is 2.42. The van der Waals surface area contributed by atoms with Crippen molar-refractivity contribution in [1.29, 1.82) is 0 Å². The van der Waals surface area contributed by atoms with Crippen LogP contribution in [0, 0.1) is 0 Å². The fraction of sp³-hybridized carbons (Fsp3) is 1.00. The molecule has 7 heteroatoms. The predicted octanol–water partition coefficient (Wildman–Crippen LogP) is -2.46. The van der Waals surface area contributed by atoms with Crippen molar-refractivity contribution in [3.05, 3.63) is 0 Å². The molecule has 1 saturated heterocycles. The molecule has 6 N–H and O–H groups in total. The molecule has 0 aromatic heterocycles. The topological polar surface area (TPSA) is 125 Å². The first kappa shape index (κ1) is 14.8. The maximum atomic E-state index is 9.61. The molecule has 17 heavy (non-hydrogen) atoms. The summed E-state index contributed by atoms with van der Waals surface area (Å²) in [6.07, 6.45) is -4.52. The molecule has 0 bridgehead atoms. The molecule has 1 fully saturated rings. The van der Waals surface area contributed by atoms with Gasteiger partial charge in [-0.1, -0.05) is 0 Å². The minimum atomic E-state index is -1.39. The molecular formula is C10H21NO6. The molecular weight excluding hydrogens is 230 g/mol. The summed E-state index contributed by atoms with van der Waals surface area (Å²) in [6.45, 7) is 0.436. The Morgan fingerprint density at radius 2 is 1.76 bits per heavy atom. The van der Waals surface area contributed by atoms with Gasteiger partial charge in [-0.3, -0.25) is 0 Å². The van der Waals surface area contributed by atoms with E-state index < -0.39 is 37.3 Å². The second kappa shape index (κ2) is 7.22. The summed E-state index contributed by atoms with van der Waals surface area (Å²) in [4.78, 5) is 0. The van der Waals surface area contributed by atoms with Gasteiger partial charge < -0.3 is 35.6 Å². The molecule has 0 radical (unpaired) electrons. The summed E-state index contributed by atoms with van der Waals surface area (Å²) in [6, 6.07) is 0. The third kappa shape index (κ3) is 3.85. The number of hydrogen-bond donors (Lipinski definition) is 5. The molecule has 0 saturated carbocycles. The summed E-state index contributed by atoms with van der Waals surface area (Å²) < 4.78 is 10.4. The fourth-order valence-electron chi connectivity index (χ4n) is 1.65. The van der Waals surface area contributed by atoms with Gasteiger partial charge in [-0.05, 0) is 19.4 Å². The van der Waals surface area contributed by atoms with E-state index in [1.807, 2.05) is 0 Å². The molecule has 0 aliphatic carbocycles. The highest BCUT2D eigenvalue weighted by molar-refractivity contribution is 4.88. The van der Waals surface area contributed by atoms with Gasteiger partial charge in [0, 0.05) is 6.61 Å². The first-order valence-electron chi connectivity index (χ1n) is 5.74. The Labute approximate surface area is 99.8 Å². The van der Waals surface area contributed by atoms with E-state index in [0.717, 1.165) is 6.42 Å². The van der Waals surface area contributed by atoms with Gasteiger partial charge in [0.2, 0.25) is 0 Å². The van der Waals surface area contributed by atoms with Crippen molar-refractivity contribution in [2.75, 3.05) is 19.8 Å². The Morgan fingerprint density at radius 3 is 2.35 bits per heavy atom. The number of nitrogens with two attached hydrogens (primary N) is 1. The minimum Gasteiger partial charge on any atom is -0.394 e. The first-order valence-corrected chi connectivity index (χ1v) is 5.74. The van der Waals surface area contributed by atoms with Crippen molar-refractivity contribution in [3.8, 4) is 0 Å². The highest BCUT2D eigenvalue weighted by atomic mass is 16.7. The maximum absolute atomic E-state index is 9.61. The number of aliphatic hydroxyl groups excluding tert-OH is 4. The average molecular weight is 251 g/mol. The van der Waals surface area contributed by atoms with Gasteiger partial charge >= 0.3 is 0 Å².